The SMILES string of the molecule is COc1ccccc1-c1cc(=O)n(CC(=O)NCc2ccccc2Cl)c2c1CCCC2. The number of para-hydroxylation sites is 1. The topological polar surface area (TPSA) is 60.3 Å². The lowest BCUT2D eigenvalue weighted by Crippen LogP contribution is -2.35. The van der Waals surface area contributed by atoms with Crippen molar-refractivity contribution in [1.82, 2.24) is 9.88 Å². The first-order valence-electron chi connectivity index (χ1n) is 10.5. The molecule has 0 atom stereocenters. The van der Waals surface area contributed by atoms with E-state index in [2.05, 4.69) is 5.32 Å². The molecule has 0 radical (unpaired) electrons. The predicted octanol–water partition coefficient (Wildman–Crippen LogP) is 4.37. The third kappa shape index (κ3) is 4.52. The van der Waals surface area contributed by atoms with E-state index in [1.54, 1.807) is 23.8 Å². The Labute approximate surface area is 186 Å². The molecule has 31 heavy (non-hydrogen) atoms. The number of ether oxygens (including phenoxy) is 1. The fourth-order valence-corrected chi connectivity index (χ4v) is 4.42. The summed E-state index contributed by atoms with van der Waals surface area (Å²) < 4.78 is 7.15. The van der Waals surface area contributed by atoms with Crippen LogP contribution in [0.15, 0.2) is 59.4 Å². The van der Waals surface area contributed by atoms with E-state index in [1.807, 2.05) is 42.5 Å². The molecule has 0 aliphatic heterocycles. The molecule has 5 nitrogen and oxygen atoms in total. The summed E-state index contributed by atoms with van der Waals surface area (Å²) in [7, 11) is 1.63. The average molecular weight is 437 g/mol. The summed E-state index contributed by atoms with van der Waals surface area (Å²) in [4.78, 5) is 25.7. The summed E-state index contributed by atoms with van der Waals surface area (Å²) >= 11 is 6.17. The number of carbonyl (C=O) groups is 1. The number of amides is 1. The van der Waals surface area contributed by atoms with Crippen molar-refractivity contribution in [3.63, 3.8) is 0 Å². The molecular weight excluding hydrogens is 412 g/mol. The van der Waals surface area contributed by atoms with Gasteiger partial charge in [0.25, 0.3) is 5.56 Å². The van der Waals surface area contributed by atoms with Gasteiger partial charge in [0.2, 0.25) is 5.91 Å². The lowest BCUT2D eigenvalue weighted by molar-refractivity contribution is -0.121. The number of benzene rings is 2. The van der Waals surface area contributed by atoms with Gasteiger partial charge in [-0.05, 0) is 54.5 Å². The van der Waals surface area contributed by atoms with Gasteiger partial charge in [-0.25, -0.2) is 0 Å². The minimum atomic E-state index is -0.208. The second-order valence-corrected chi connectivity index (χ2v) is 8.09. The highest BCUT2D eigenvalue weighted by Gasteiger charge is 2.22. The van der Waals surface area contributed by atoms with Crippen molar-refractivity contribution in [2.24, 2.45) is 0 Å². The largest absolute Gasteiger partial charge is 0.496 e. The van der Waals surface area contributed by atoms with Crippen LogP contribution in [0.3, 0.4) is 0 Å². The molecule has 0 saturated heterocycles. The van der Waals surface area contributed by atoms with Crippen molar-refractivity contribution in [3.8, 4) is 16.9 Å². The van der Waals surface area contributed by atoms with E-state index >= 15 is 0 Å². The monoisotopic (exact) mass is 436 g/mol. The van der Waals surface area contributed by atoms with Crippen LogP contribution in [0.25, 0.3) is 11.1 Å². The quantitative estimate of drug-likeness (QED) is 0.624. The van der Waals surface area contributed by atoms with Crippen molar-refractivity contribution in [2.75, 3.05) is 7.11 Å². The van der Waals surface area contributed by atoms with Gasteiger partial charge in [0.1, 0.15) is 12.3 Å². The molecule has 0 fully saturated rings. The summed E-state index contributed by atoms with van der Waals surface area (Å²) in [6, 6.07) is 16.8. The van der Waals surface area contributed by atoms with Crippen LogP contribution in [-0.4, -0.2) is 17.6 Å². The van der Waals surface area contributed by atoms with Crippen molar-refractivity contribution in [1.29, 1.82) is 0 Å². The van der Waals surface area contributed by atoms with Crippen LogP contribution in [0.4, 0.5) is 0 Å². The van der Waals surface area contributed by atoms with Gasteiger partial charge in [-0.1, -0.05) is 48.0 Å². The second-order valence-electron chi connectivity index (χ2n) is 7.68. The Morgan fingerprint density at radius 1 is 1.06 bits per heavy atom. The van der Waals surface area contributed by atoms with Crippen molar-refractivity contribution in [2.45, 2.75) is 38.8 Å². The Morgan fingerprint density at radius 2 is 1.81 bits per heavy atom. The number of methoxy groups -OCH3 is 1. The van der Waals surface area contributed by atoms with Crippen LogP contribution in [0.5, 0.6) is 5.75 Å². The zero-order valence-corrected chi connectivity index (χ0v) is 18.2. The van der Waals surface area contributed by atoms with E-state index in [4.69, 9.17) is 16.3 Å². The highest BCUT2D eigenvalue weighted by atomic mass is 35.5. The van der Waals surface area contributed by atoms with E-state index < -0.39 is 0 Å². The first-order valence-corrected chi connectivity index (χ1v) is 10.9. The molecule has 1 aliphatic rings. The van der Waals surface area contributed by atoms with Crippen molar-refractivity contribution < 1.29 is 9.53 Å². The van der Waals surface area contributed by atoms with E-state index in [0.29, 0.717) is 11.6 Å². The average Bonchev–Trinajstić information content (AvgIpc) is 2.80. The van der Waals surface area contributed by atoms with E-state index in [-0.39, 0.29) is 18.0 Å². The number of halogens is 1. The van der Waals surface area contributed by atoms with Crippen molar-refractivity contribution in [3.05, 3.63) is 86.8 Å². The van der Waals surface area contributed by atoms with Crippen LogP contribution < -0.4 is 15.6 Å². The van der Waals surface area contributed by atoms with E-state index in [1.165, 1.54) is 0 Å². The van der Waals surface area contributed by atoms with Crippen LogP contribution in [0.1, 0.15) is 29.7 Å². The van der Waals surface area contributed by atoms with Crippen LogP contribution in [0, 0.1) is 0 Å². The van der Waals surface area contributed by atoms with E-state index in [0.717, 1.165) is 59.4 Å². The molecule has 4 rings (SSSR count). The predicted molar refractivity (Wildman–Crippen MR) is 123 cm³/mol. The second kappa shape index (κ2) is 9.40. The molecule has 1 aromatic heterocycles. The Kier molecular flexibility index (Phi) is 6.42. The van der Waals surface area contributed by atoms with Gasteiger partial charge in [0.05, 0.1) is 7.11 Å². The van der Waals surface area contributed by atoms with E-state index in [9.17, 15) is 9.59 Å². The number of nitrogens with one attached hydrogen (secondary N) is 1. The molecule has 6 heteroatoms. The fraction of sp³-hybridized carbons (Fsp3) is 0.280. The van der Waals surface area contributed by atoms with Crippen molar-refractivity contribution >= 4 is 17.5 Å². The zero-order valence-electron chi connectivity index (χ0n) is 17.5. The molecule has 2 aromatic carbocycles. The first-order chi connectivity index (χ1) is 15.1. The minimum Gasteiger partial charge on any atom is -0.496 e. The molecule has 3 aromatic rings. The van der Waals surface area contributed by atoms with Gasteiger partial charge >= 0.3 is 0 Å². The number of carbonyl (C=O) groups excluding carboxylic acids is 1. The van der Waals surface area contributed by atoms with Gasteiger partial charge < -0.3 is 14.6 Å². The molecule has 0 unspecified atom stereocenters. The smallest absolute Gasteiger partial charge is 0.251 e. The number of rotatable bonds is 6. The molecule has 0 spiro atoms. The van der Waals surface area contributed by atoms with Crippen LogP contribution >= 0.6 is 11.6 Å². The van der Waals surface area contributed by atoms with Gasteiger partial charge in [0.15, 0.2) is 0 Å². The molecule has 1 N–H and O–H groups in total. The van der Waals surface area contributed by atoms with Crippen LogP contribution in [-0.2, 0) is 30.7 Å². The van der Waals surface area contributed by atoms with Gasteiger partial charge in [-0.2, -0.15) is 0 Å². The molecule has 0 bridgehead atoms. The maximum Gasteiger partial charge on any atom is 0.251 e. The Morgan fingerprint density at radius 3 is 2.61 bits per heavy atom. The molecule has 160 valence electrons. The minimum absolute atomic E-state index is 0.00216. The molecule has 1 heterocycles. The zero-order chi connectivity index (χ0) is 21.8. The summed E-state index contributed by atoms with van der Waals surface area (Å²) in [6.45, 7) is 0.326. The number of aromatic nitrogens is 1. The molecule has 1 aliphatic carbocycles. The maximum atomic E-state index is 13.1. The number of hydrogen-bond donors (Lipinski definition) is 1. The number of fused-ring (bicyclic) bond motifs is 1. The number of nitrogens with zero attached hydrogens (tertiary/aromatic N) is 1. The lowest BCUT2D eigenvalue weighted by Gasteiger charge is -2.24. The highest BCUT2D eigenvalue weighted by molar-refractivity contribution is 6.31. The molecular formula is C25H25ClN2O3. The van der Waals surface area contributed by atoms with Gasteiger partial charge in [-0.15, -0.1) is 0 Å². The normalized spacial score (nSPS) is 12.8. The third-order valence-electron chi connectivity index (χ3n) is 5.76. The van der Waals surface area contributed by atoms with Gasteiger partial charge in [0, 0.05) is 28.9 Å². The summed E-state index contributed by atoms with van der Waals surface area (Å²) in [6.07, 6.45) is 3.73. The Hall–Kier alpha value is -3.05. The fourth-order valence-electron chi connectivity index (χ4n) is 4.21. The number of pyridine rings is 1. The number of hydrogen-bond acceptors (Lipinski definition) is 3. The first kappa shape index (κ1) is 21.2. The standard InChI is InChI=1S/C25H25ClN2O3/c1-31-23-13-7-4-10-19(23)20-14-25(30)28(22-12-6-3-9-18(20)22)16-24(29)27-15-17-8-2-5-11-21(17)26/h2,4-5,7-8,10-11,13-14H,3,6,9,12,15-16H2,1H3,(H,27,29). The Bertz CT molecular complexity index is 1170. The highest BCUT2D eigenvalue weighted by Crippen LogP contribution is 2.35. The van der Waals surface area contributed by atoms with Gasteiger partial charge in [-0.3, -0.25) is 9.59 Å². The maximum absolute atomic E-state index is 13.1. The summed E-state index contributed by atoms with van der Waals surface area (Å²) in [5.41, 5.74) is 4.58. The lowest BCUT2D eigenvalue weighted by atomic mass is 9.88. The summed E-state index contributed by atoms with van der Waals surface area (Å²) in [5.74, 6) is 0.532. The van der Waals surface area contributed by atoms with Crippen LogP contribution in [0.2, 0.25) is 5.02 Å². The summed E-state index contributed by atoms with van der Waals surface area (Å²) in [5, 5.41) is 3.49. The Balaban J connectivity index is 1.64. The molecule has 0 saturated carbocycles. The molecule has 1 amide bonds. The third-order valence-corrected chi connectivity index (χ3v) is 6.12.